The number of benzene rings is 2. The lowest BCUT2D eigenvalue weighted by atomic mass is 9.84. The summed E-state index contributed by atoms with van der Waals surface area (Å²) in [6, 6.07) is 11.8. The molecule has 7 nitrogen and oxygen atoms in total. The summed E-state index contributed by atoms with van der Waals surface area (Å²) >= 11 is 15.8. The number of amides is 1. The van der Waals surface area contributed by atoms with Crippen molar-refractivity contribution in [1.82, 2.24) is 9.21 Å². The van der Waals surface area contributed by atoms with E-state index in [1.807, 2.05) is 24.3 Å². The van der Waals surface area contributed by atoms with Crippen molar-refractivity contribution in [1.29, 1.82) is 0 Å². The minimum Gasteiger partial charge on any atom is -0.385 e. The van der Waals surface area contributed by atoms with Crippen LogP contribution >= 0.6 is 39.1 Å². The molecule has 11 heteroatoms. The second-order valence-corrected chi connectivity index (χ2v) is 12.8. The molecule has 0 radical (unpaired) electrons. The van der Waals surface area contributed by atoms with E-state index in [2.05, 4.69) is 15.9 Å². The Bertz CT molecular complexity index is 1170. The monoisotopic (exact) mass is 618 g/mol. The molecular formula is C25H29BrCl2N2O5S. The summed E-state index contributed by atoms with van der Waals surface area (Å²) in [6.45, 7) is 1.14. The number of piperidine rings is 2. The molecular weight excluding hydrogens is 591 g/mol. The number of carbonyl (C=O) groups is 1. The van der Waals surface area contributed by atoms with Crippen LogP contribution in [0.4, 0.5) is 0 Å². The second kappa shape index (κ2) is 11.7. The zero-order valence-electron chi connectivity index (χ0n) is 19.7. The van der Waals surface area contributed by atoms with Crippen molar-refractivity contribution in [2.24, 2.45) is 0 Å². The number of sulfonamides is 1. The van der Waals surface area contributed by atoms with Crippen LogP contribution in [0.5, 0.6) is 0 Å². The number of likely N-dealkylation sites (tertiary alicyclic amines) is 1. The highest BCUT2D eigenvalue weighted by Crippen LogP contribution is 2.35. The number of nitrogens with zero attached hydrogens (tertiary/aromatic N) is 2. The lowest BCUT2D eigenvalue weighted by Crippen LogP contribution is -2.48. The maximum Gasteiger partial charge on any atom is 0.248 e. The van der Waals surface area contributed by atoms with E-state index in [1.165, 1.54) is 16.4 Å². The van der Waals surface area contributed by atoms with E-state index >= 15 is 0 Å². The quantitative estimate of drug-likeness (QED) is 0.480. The Kier molecular flexibility index (Phi) is 9.03. The molecule has 0 aromatic heterocycles. The van der Waals surface area contributed by atoms with Crippen LogP contribution in [0.3, 0.4) is 0 Å². The minimum absolute atomic E-state index is 0.0797. The minimum atomic E-state index is -3.92. The summed E-state index contributed by atoms with van der Waals surface area (Å²) in [7, 11) is -3.92. The number of hydrogen-bond acceptors (Lipinski definition) is 5. The van der Waals surface area contributed by atoms with Gasteiger partial charge in [-0.3, -0.25) is 4.79 Å². The van der Waals surface area contributed by atoms with Gasteiger partial charge in [0.1, 0.15) is 11.5 Å². The molecule has 196 valence electrons. The van der Waals surface area contributed by atoms with Crippen LogP contribution in [0.15, 0.2) is 51.8 Å². The van der Waals surface area contributed by atoms with E-state index in [9.17, 15) is 18.3 Å². The van der Waals surface area contributed by atoms with Gasteiger partial charge in [-0.05, 0) is 55.5 Å². The van der Waals surface area contributed by atoms with Gasteiger partial charge in [0.2, 0.25) is 15.9 Å². The molecule has 2 aromatic rings. The van der Waals surface area contributed by atoms with Gasteiger partial charge in [-0.1, -0.05) is 63.8 Å². The molecule has 1 unspecified atom stereocenters. The highest BCUT2D eigenvalue weighted by molar-refractivity contribution is 9.10. The Hall–Kier alpha value is -1.20. The Morgan fingerprint density at radius 1 is 1.06 bits per heavy atom. The number of carbonyl (C=O) groups excluding carboxylic acids is 1. The van der Waals surface area contributed by atoms with Gasteiger partial charge in [0.15, 0.2) is 0 Å². The Labute approximate surface area is 230 Å². The van der Waals surface area contributed by atoms with Crippen molar-refractivity contribution in [3.8, 4) is 0 Å². The first-order valence-electron chi connectivity index (χ1n) is 11.9. The fourth-order valence-electron chi connectivity index (χ4n) is 4.85. The van der Waals surface area contributed by atoms with Crippen molar-refractivity contribution in [3.63, 3.8) is 0 Å². The SMILES string of the molecule is O=C(COCC1CCCCN1S(=O)(=O)c1c(Cl)cccc1Cl)N1CCC(O)(c2ccc(Br)cc2)CC1. The molecule has 0 aliphatic carbocycles. The van der Waals surface area contributed by atoms with Gasteiger partial charge in [-0.25, -0.2) is 8.42 Å². The summed E-state index contributed by atoms with van der Waals surface area (Å²) in [5, 5.41) is 11.2. The van der Waals surface area contributed by atoms with Crippen LogP contribution < -0.4 is 0 Å². The van der Waals surface area contributed by atoms with Crippen molar-refractivity contribution >= 4 is 55.1 Å². The van der Waals surface area contributed by atoms with Crippen LogP contribution in [0.1, 0.15) is 37.7 Å². The van der Waals surface area contributed by atoms with E-state index in [0.29, 0.717) is 38.9 Å². The van der Waals surface area contributed by atoms with E-state index in [-0.39, 0.29) is 34.1 Å². The molecule has 0 bridgehead atoms. The number of halogens is 3. The molecule has 2 aliphatic rings. The summed E-state index contributed by atoms with van der Waals surface area (Å²) in [5.74, 6) is -0.174. The van der Waals surface area contributed by atoms with Crippen LogP contribution in [0.2, 0.25) is 10.0 Å². The third-order valence-electron chi connectivity index (χ3n) is 6.92. The molecule has 2 aromatic carbocycles. The average Bonchev–Trinajstić information content (AvgIpc) is 2.85. The van der Waals surface area contributed by atoms with Crippen LogP contribution in [-0.4, -0.2) is 67.5 Å². The zero-order valence-corrected chi connectivity index (χ0v) is 23.6. The summed E-state index contributed by atoms with van der Waals surface area (Å²) in [6.07, 6.45) is 3.09. The van der Waals surface area contributed by atoms with E-state index < -0.39 is 21.7 Å². The van der Waals surface area contributed by atoms with Crippen LogP contribution in [0.25, 0.3) is 0 Å². The predicted octanol–water partition coefficient (Wildman–Crippen LogP) is 4.83. The molecule has 1 atom stereocenters. The molecule has 4 rings (SSSR count). The normalized spacial score (nSPS) is 20.9. The first-order chi connectivity index (χ1) is 17.1. The third kappa shape index (κ3) is 6.09. The summed E-state index contributed by atoms with van der Waals surface area (Å²) in [4.78, 5) is 14.4. The highest BCUT2D eigenvalue weighted by atomic mass is 79.9. The lowest BCUT2D eigenvalue weighted by Gasteiger charge is -2.38. The smallest absolute Gasteiger partial charge is 0.248 e. The van der Waals surface area contributed by atoms with E-state index in [1.54, 1.807) is 11.0 Å². The van der Waals surface area contributed by atoms with Crippen molar-refractivity contribution in [2.75, 3.05) is 32.8 Å². The first kappa shape index (κ1) is 27.8. The average molecular weight is 620 g/mol. The fourth-order valence-corrected chi connectivity index (χ4v) is 7.89. The van der Waals surface area contributed by atoms with Crippen molar-refractivity contribution in [2.45, 2.75) is 48.6 Å². The highest BCUT2D eigenvalue weighted by Gasteiger charge is 2.37. The van der Waals surface area contributed by atoms with Gasteiger partial charge < -0.3 is 14.7 Å². The molecule has 0 spiro atoms. The maximum absolute atomic E-state index is 13.4. The molecule has 2 heterocycles. The predicted molar refractivity (Wildman–Crippen MR) is 143 cm³/mol. The summed E-state index contributed by atoms with van der Waals surface area (Å²) < 4.78 is 34.8. The van der Waals surface area contributed by atoms with E-state index in [4.69, 9.17) is 27.9 Å². The largest absolute Gasteiger partial charge is 0.385 e. The molecule has 0 saturated carbocycles. The maximum atomic E-state index is 13.4. The Morgan fingerprint density at radius 3 is 2.33 bits per heavy atom. The number of ether oxygens (including phenoxy) is 1. The molecule has 36 heavy (non-hydrogen) atoms. The number of hydrogen-bond donors (Lipinski definition) is 1. The van der Waals surface area contributed by atoms with Gasteiger partial charge in [-0.15, -0.1) is 0 Å². The number of aliphatic hydroxyl groups is 1. The van der Waals surface area contributed by atoms with Gasteiger partial charge in [0.05, 0.1) is 22.3 Å². The topological polar surface area (TPSA) is 87.2 Å². The van der Waals surface area contributed by atoms with Crippen molar-refractivity contribution < 1.29 is 23.1 Å². The third-order valence-corrected chi connectivity index (χ3v) is 10.4. The lowest BCUT2D eigenvalue weighted by molar-refractivity contribution is -0.141. The van der Waals surface area contributed by atoms with E-state index in [0.717, 1.165) is 22.9 Å². The molecule has 2 saturated heterocycles. The molecule has 1 amide bonds. The molecule has 2 fully saturated rings. The second-order valence-electron chi connectivity index (χ2n) is 9.25. The van der Waals surface area contributed by atoms with Crippen molar-refractivity contribution in [3.05, 3.63) is 62.5 Å². The Balaban J connectivity index is 1.33. The summed E-state index contributed by atoms with van der Waals surface area (Å²) in [5.41, 5.74) is -0.124. The number of rotatable bonds is 7. The standard InChI is InChI=1S/C25H29BrCl2N2O5S/c26-19-9-7-18(8-10-19)25(32)11-14-29(15-12-25)23(31)17-35-16-20-4-1-2-13-30(20)36(33,34)24-21(27)5-3-6-22(24)28/h3,5-10,20,32H,1-2,4,11-17H2. The van der Waals surface area contributed by atoms with Crippen LogP contribution in [0, 0.1) is 0 Å². The zero-order chi connectivity index (χ0) is 25.9. The van der Waals surface area contributed by atoms with Gasteiger partial charge in [0.25, 0.3) is 0 Å². The molecule has 1 N–H and O–H groups in total. The molecule has 2 aliphatic heterocycles. The van der Waals surface area contributed by atoms with Crippen LogP contribution in [-0.2, 0) is 25.2 Å². The fraction of sp³-hybridized carbons (Fsp3) is 0.480. The van der Waals surface area contributed by atoms with Gasteiger partial charge in [-0.2, -0.15) is 4.31 Å². The first-order valence-corrected chi connectivity index (χ1v) is 14.9. The Morgan fingerprint density at radius 2 is 1.69 bits per heavy atom. The van der Waals surface area contributed by atoms with Gasteiger partial charge in [0, 0.05) is 30.1 Å². The van der Waals surface area contributed by atoms with Gasteiger partial charge >= 0.3 is 0 Å².